The molecule has 1 aliphatic carbocycles. The molecule has 1 fully saturated rings. The molecular weight excluding hydrogens is 197 g/mol. The zero-order valence-corrected chi connectivity index (χ0v) is 8.16. The molecule has 4 heteroatoms. The van der Waals surface area contributed by atoms with E-state index in [2.05, 4.69) is 0 Å². The topological polar surface area (TPSA) is 63.3 Å². The highest BCUT2D eigenvalue weighted by molar-refractivity contribution is 5.83. The molecule has 0 heterocycles. The molecular formula is C11H12FNO2. The Hall–Kier alpha value is -1.58. The van der Waals surface area contributed by atoms with Gasteiger partial charge in [-0.1, -0.05) is 12.5 Å². The largest absolute Gasteiger partial charge is 0.481 e. The number of halogens is 1. The number of hydrogen-bond donors (Lipinski definition) is 2. The maximum absolute atomic E-state index is 12.9. The third kappa shape index (κ3) is 1.37. The lowest BCUT2D eigenvalue weighted by atomic mass is 9.64. The molecule has 1 aliphatic rings. The molecule has 0 radical (unpaired) electrons. The molecule has 1 aromatic carbocycles. The summed E-state index contributed by atoms with van der Waals surface area (Å²) >= 11 is 0. The van der Waals surface area contributed by atoms with E-state index in [9.17, 15) is 9.18 Å². The van der Waals surface area contributed by atoms with Gasteiger partial charge in [0.05, 0.1) is 11.1 Å². The van der Waals surface area contributed by atoms with E-state index in [4.69, 9.17) is 10.8 Å². The molecule has 2 rings (SSSR count). The van der Waals surface area contributed by atoms with Gasteiger partial charge in [0, 0.05) is 0 Å². The van der Waals surface area contributed by atoms with E-state index in [0.29, 0.717) is 18.4 Å². The number of carboxylic acids is 1. The first-order valence-electron chi connectivity index (χ1n) is 4.85. The maximum Gasteiger partial charge on any atom is 0.314 e. The highest BCUT2D eigenvalue weighted by Gasteiger charge is 2.46. The molecule has 0 amide bonds. The van der Waals surface area contributed by atoms with E-state index in [1.165, 1.54) is 18.2 Å². The average molecular weight is 209 g/mol. The molecule has 80 valence electrons. The number of nitrogens with two attached hydrogens (primary N) is 1. The molecule has 3 N–H and O–H groups in total. The van der Waals surface area contributed by atoms with Crippen LogP contribution in [0.3, 0.4) is 0 Å². The Morgan fingerprint density at radius 3 is 2.53 bits per heavy atom. The van der Waals surface area contributed by atoms with Gasteiger partial charge in [-0.25, -0.2) is 4.39 Å². The molecule has 1 saturated carbocycles. The first kappa shape index (κ1) is 9.96. The van der Waals surface area contributed by atoms with Crippen LogP contribution in [-0.4, -0.2) is 11.1 Å². The smallest absolute Gasteiger partial charge is 0.314 e. The summed E-state index contributed by atoms with van der Waals surface area (Å²) < 4.78 is 12.9. The number of rotatable bonds is 2. The number of anilines is 1. The number of benzene rings is 1. The van der Waals surface area contributed by atoms with Crippen LogP contribution in [0.15, 0.2) is 18.2 Å². The van der Waals surface area contributed by atoms with Crippen molar-refractivity contribution in [1.29, 1.82) is 0 Å². The van der Waals surface area contributed by atoms with Crippen molar-refractivity contribution in [3.63, 3.8) is 0 Å². The normalized spacial score (nSPS) is 18.2. The monoisotopic (exact) mass is 209 g/mol. The number of carbonyl (C=O) groups is 1. The summed E-state index contributed by atoms with van der Waals surface area (Å²) in [5.41, 5.74) is 5.22. The van der Waals surface area contributed by atoms with Crippen LogP contribution in [0.4, 0.5) is 10.1 Å². The van der Waals surface area contributed by atoms with Crippen molar-refractivity contribution in [2.24, 2.45) is 0 Å². The van der Waals surface area contributed by atoms with Gasteiger partial charge < -0.3 is 10.8 Å². The number of hydrogen-bond acceptors (Lipinski definition) is 2. The Bertz CT molecular complexity index is 413. The van der Waals surface area contributed by atoms with Crippen LogP contribution in [0.1, 0.15) is 24.8 Å². The third-order valence-electron chi connectivity index (χ3n) is 3.17. The maximum atomic E-state index is 12.9. The van der Waals surface area contributed by atoms with E-state index in [1.807, 2.05) is 0 Å². The Labute approximate surface area is 86.7 Å². The Kier molecular flexibility index (Phi) is 2.14. The van der Waals surface area contributed by atoms with Crippen LogP contribution < -0.4 is 5.73 Å². The predicted molar refractivity (Wildman–Crippen MR) is 54.0 cm³/mol. The van der Waals surface area contributed by atoms with Gasteiger partial charge in [-0.05, 0) is 30.5 Å². The SMILES string of the molecule is Nc1cc(C2(C(=O)O)CCC2)ccc1F. The third-order valence-corrected chi connectivity index (χ3v) is 3.17. The lowest BCUT2D eigenvalue weighted by molar-refractivity contribution is -0.147. The summed E-state index contributed by atoms with van der Waals surface area (Å²) in [5.74, 6) is -1.35. The summed E-state index contributed by atoms with van der Waals surface area (Å²) in [4.78, 5) is 11.2. The minimum atomic E-state index is -0.847. The molecule has 1 aromatic rings. The fourth-order valence-corrected chi connectivity index (χ4v) is 2.00. The van der Waals surface area contributed by atoms with E-state index in [1.54, 1.807) is 0 Å². The van der Waals surface area contributed by atoms with Crippen molar-refractivity contribution >= 4 is 11.7 Å². The zero-order valence-electron chi connectivity index (χ0n) is 8.16. The Balaban J connectivity index is 2.44. The number of nitrogen functional groups attached to an aromatic ring is 1. The Morgan fingerprint density at radius 2 is 2.13 bits per heavy atom. The molecule has 0 spiro atoms. The van der Waals surface area contributed by atoms with Gasteiger partial charge in [0.1, 0.15) is 5.82 Å². The molecule has 0 aromatic heterocycles. The van der Waals surface area contributed by atoms with Gasteiger partial charge in [0.15, 0.2) is 0 Å². The van der Waals surface area contributed by atoms with Crippen molar-refractivity contribution in [3.05, 3.63) is 29.6 Å². The van der Waals surface area contributed by atoms with Gasteiger partial charge in [0.2, 0.25) is 0 Å². The molecule has 0 unspecified atom stereocenters. The van der Waals surface area contributed by atoms with Crippen LogP contribution in [0.5, 0.6) is 0 Å². The van der Waals surface area contributed by atoms with E-state index in [-0.39, 0.29) is 5.69 Å². The van der Waals surface area contributed by atoms with Gasteiger partial charge in [-0.15, -0.1) is 0 Å². The highest BCUT2D eigenvalue weighted by Crippen LogP contribution is 2.44. The summed E-state index contributed by atoms with van der Waals surface area (Å²) in [5, 5.41) is 9.16. The van der Waals surface area contributed by atoms with Gasteiger partial charge >= 0.3 is 5.97 Å². The zero-order chi connectivity index (χ0) is 11.1. The van der Waals surface area contributed by atoms with Gasteiger partial charge in [-0.2, -0.15) is 0 Å². The summed E-state index contributed by atoms with van der Waals surface area (Å²) in [7, 11) is 0. The average Bonchev–Trinajstić information content (AvgIpc) is 2.08. The van der Waals surface area contributed by atoms with Crippen LogP contribution in [0.2, 0.25) is 0 Å². The van der Waals surface area contributed by atoms with Crippen LogP contribution >= 0.6 is 0 Å². The highest BCUT2D eigenvalue weighted by atomic mass is 19.1. The molecule has 3 nitrogen and oxygen atoms in total. The second-order valence-electron chi connectivity index (χ2n) is 3.98. The van der Waals surface area contributed by atoms with Crippen molar-refractivity contribution in [2.45, 2.75) is 24.7 Å². The molecule has 0 bridgehead atoms. The molecule has 0 aliphatic heterocycles. The van der Waals surface area contributed by atoms with Gasteiger partial charge in [0.25, 0.3) is 0 Å². The van der Waals surface area contributed by atoms with E-state index < -0.39 is 17.2 Å². The standard InChI is InChI=1S/C11H12FNO2/c12-8-3-2-7(6-9(8)13)11(10(14)15)4-1-5-11/h2-3,6H,1,4-5,13H2,(H,14,15). The minimum Gasteiger partial charge on any atom is -0.481 e. The van der Waals surface area contributed by atoms with Crippen molar-refractivity contribution in [3.8, 4) is 0 Å². The molecule has 15 heavy (non-hydrogen) atoms. The van der Waals surface area contributed by atoms with E-state index in [0.717, 1.165) is 6.42 Å². The fourth-order valence-electron chi connectivity index (χ4n) is 2.00. The molecule has 0 saturated heterocycles. The van der Waals surface area contributed by atoms with Crippen molar-refractivity contribution in [1.82, 2.24) is 0 Å². The minimum absolute atomic E-state index is 0.0139. The van der Waals surface area contributed by atoms with Crippen molar-refractivity contribution in [2.75, 3.05) is 5.73 Å². The van der Waals surface area contributed by atoms with Crippen LogP contribution in [0.25, 0.3) is 0 Å². The summed E-state index contributed by atoms with van der Waals surface area (Å²) in [6.07, 6.45) is 2.10. The molecule has 0 atom stereocenters. The first-order valence-corrected chi connectivity index (χ1v) is 4.85. The van der Waals surface area contributed by atoms with E-state index >= 15 is 0 Å². The fraction of sp³-hybridized carbons (Fsp3) is 0.364. The first-order chi connectivity index (χ1) is 7.06. The lowest BCUT2D eigenvalue weighted by Crippen LogP contribution is -2.42. The number of carboxylic acid groups (broad SMARTS) is 1. The quantitative estimate of drug-likeness (QED) is 0.731. The van der Waals surface area contributed by atoms with Crippen LogP contribution in [-0.2, 0) is 10.2 Å². The number of aliphatic carboxylic acids is 1. The Morgan fingerprint density at radius 1 is 1.47 bits per heavy atom. The van der Waals surface area contributed by atoms with Crippen LogP contribution in [0, 0.1) is 5.82 Å². The van der Waals surface area contributed by atoms with Crippen molar-refractivity contribution < 1.29 is 14.3 Å². The summed E-state index contributed by atoms with van der Waals surface area (Å²) in [6, 6.07) is 4.18. The lowest BCUT2D eigenvalue weighted by Gasteiger charge is -2.38. The van der Waals surface area contributed by atoms with Gasteiger partial charge in [-0.3, -0.25) is 4.79 Å². The predicted octanol–water partition coefficient (Wildman–Crippen LogP) is 1.91. The summed E-state index contributed by atoms with van der Waals surface area (Å²) in [6.45, 7) is 0. The second-order valence-corrected chi connectivity index (χ2v) is 3.98. The second kappa shape index (κ2) is 3.22.